The SMILES string of the molecule is COc1cc(CN(Cc2cccc(N)c2)C2CC2)ccc1OC(F)F.Cl. The Labute approximate surface area is 158 Å². The Hall–Kier alpha value is -2.05. The maximum absolute atomic E-state index is 12.4. The second-order valence-corrected chi connectivity index (χ2v) is 6.24. The number of halogens is 3. The lowest BCUT2D eigenvalue weighted by Crippen LogP contribution is -2.25. The largest absolute Gasteiger partial charge is 0.493 e. The minimum absolute atomic E-state index is 0. The number of nitrogen functional groups attached to an aromatic ring is 1. The Bertz CT molecular complexity index is 726. The molecule has 0 unspecified atom stereocenters. The predicted octanol–water partition coefficient (Wildman–Crippen LogP) is 4.47. The normalized spacial score (nSPS) is 13.6. The lowest BCUT2D eigenvalue weighted by molar-refractivity contribution is -0.0512. The molecule has 0 spiro atoms. The molecule has 142 valence electrons. The Morgan fingerprint density at radius 1 is 1.08 bits per heavy atom. The van der Waals surface area contributed by atoms with Crippen LogP contribution in [-0.4, -0.2) is 24.7 Å². The van der Waals surface area contributed by atoms with Crippen LogP contribution in [-0.2, 0) is 13.1 Å². The minimum atomic E-state index is -2.87. The van der Waals surface area contributed by atoms with E-state index in [1.54, 1.807) is 12.1 Å². The summed E-state index contributed by atoms with van der Waals surface area (Å²) in [4.78, 5) is 2.37. The van der Waals surface area contributed by atoms with Crippen molar-refractivity contribution < 1.29 is 18.3 Å². The third kappa shape index (κ3) is 5.47. The van der Waals surface area contributed by atoms with Crippen LogP contribution in [0.15, 0.2) is 42.5 Å². The third-order valence-corrected chi connectivity index (χ3v) is 4.23. The molecule has 0 aromatic heterocycles. The molecule has 2 aromatic carbocycles. The molecule has 1 fully saturated rings. The monoisotopic (exact) mass is 384 g/mol. The fourth-order valence-corrected chi connectivity index (χ4v) is 2.92. The van der Waals surface area contributed by atoms with Crippen molar-refractivity contribution in [2.45, 2.75) is 38.6 Å². The van der Waals surface area contributed by atoms with E-state index in [-0.39, 0.29) is 18.2 Å². The highest BCUT2D eigenvalue weighted by Gasteiger charge is 2.29. The molecule has 0 bridgehead atoms. The predicted molar refractivity (Wildman–Crippen MR) is 100.0 cm³/mol. The molecule has 26 heavy (non-hydrogen) atoms. The van der Waals surface area contributed by atoms with Crippen molar-refractivity contribution in [1.82, 2.24) is 4.90 Å². The number of alkyl halides is 2. The lowest BCUT2D eigenvalue weighted by Gasteiger charge is -2.23. The van der Waals surface area contributed by atoms with Gasteiger partial charge in [0, 0.05) is 24.8 Å². The van der Waals surface area contributed by atoms with Crippen molar-refractivity contribution in [3.05, 3.63) is 53.6 Å². The van der Waals surface area contributed by atoms with Gasteiger partial charge in [0.2, 0.25) is 0 Å². The number of hydrogen-bond donors (Lipinski definition) is 1. The van der Waals surface area contributed by atoms with Crippen molar-refractivity contribution in [2.24, 2.45) is 0 Å². The van der Waals surface area contributed by atoms with E-state index in [1.165, 1.54) is 26.0 Å². The number of benzene rings is 2. The first-order valence-electron chi connectivity index (χ1n) is 8.25. The Morgan fingerprint density at radius 3 is 2.35 bits per heavy atom. The molecule has 4 nitrogen and oxygen atoms in total. The van der Waals surface area contributed by atoms with Crippen molar-refractivity contribution >= 4 is 18.1 Å². The highest BCUT2D eigenvalue weighted by molar-refractivity contribution is 5.85. The zero-order valence-corrected chi connectivity index (χ0v) is 15.3. The van der Waals surface area contributed by atoms with E-state index in [0.29, 0.717) is 18.3 Å². The van der Waals surface area contributed by atoms with Crippen LogP contribution in [0.5, 0.6) is 11.5 Å². The van der Waals surface area contributed by atoms with Gasteiger partial charge in [0.05, 0.1) is 7.11 Å². The molecule has 2 aromatic rings. The van der Waals surface area contributed by atoms with Gasteiger partial charge in [0.1, 0.15) is 0 Å². The number of rotatable bonds is 8. The van der Waals surface area contributed by atoms with Crippen molar-refractivity contribution in [3.8, 4) is 11.5 Å². The van der Waals surface area contributed by atoms with Crippen LogP contribution in [0.3, 0.4) is 0 Å². The van der Waals surface area contributed by atoms with Crippen LogP contribution in [0, 0.1) is 0 Å². The third-order valence-electron chi connectivity index (χ3n) is 4.23. The van der Waals surface area contributed by atoms with Crippen LogP contribution >= 0.6 is 12.4 Å². The maximum Gasteiger partial charge on any atom is 0.387 e. The molecule has 0 aliphatic heterocycles. The van der Waals surface area contributed by atoms with Crippen LogP contribution < -0.4 is 15.2 Å². The van der Waals surface area contributed by atoms with Gasteiger partial charge in [0.15, 0.2) is 11.5 Å². The molecule has 1 aliphatic carbocycles. The molecule has 0 amide bonds. The molecule has 1 saturated carbocycles. The van der Waals surface area contributed by atoms with E-state index >= 15 is 0 Å². The van der Waals surface area contributed by atoms with Gasteiger partial charge < -0.3 is 15.2 Å². The summed E-state index contributed by atoms with van der Waals surface area (Å²) in [7, 11) is 1.45. The molecular weight excluding hydrogens is 362 g/mol. The Morgan fingerprint density at radius 2 is 1.77 bits per heavy atom. The van der Waals surface area contributed by atoms with E-state index < -0.39 is 6.61 Å². The Balaban J connectivity index is 0.00000243. The number of nitrogens with zero attached hydrogens (tertiary/aromatic N) is 1. The van der Waals surface area contributed by atoms with E-state index in [0.717, 1.165) is 23.4 Å². The van der Waals surface area contributed by atoms with Crippen LogP contribution in [0.25, 0.3) is 0 Å². The minimum Gasteiger partial charge on any atom is -0.493 e. The van der Waals surface area contributed by atoms with Crippen LogP contribution in [0.2, 0.25) is 0 Å². The van der Waals surface area contributed by atoms with E-state index in [2.05, 4.69) is 15.7 Å². The van der Waals surface area contributed by atoms with E-state index in [9.17, 15) is 8.78 Å². The molecule has 0 atom stereocenters. The first-order chi connectivity index (χ1) is 12.0. The highest BCUT2D eigenvalue weighted by atomic mass is 35.5. The maximum atomic E-state index is 12.4. The molecule has 1 aliphatic rings. The average Bonchev–Trinajstić information content (AvgIpc) is 3.40. The van der Waals surface area contributed by atoms with Gasteiger partial charge in [-0.25, -0.2) is 0 Å². The fraction of sp³-hybridized carbons (Fsp3) is 0.368. The van der Waals surface area contributed by atoms with Gasteiger partial charge in [-0.2, -0.15) is 8.78 Å². The summed E-state index contributed by atoms with van der Waals surface area (Å²) in [6, 6.07) is 13.5. The van der Waals surface area contributed by atoms with Gasteiger partial charge >= 0.3 is 6.61 Å². The summed E-state index contributed by atoms with van der Waals surface area (Å²) in [6.07, 6.45) is 2.35. The molecule has 0 saturated heterocycles. The molecule has 0 heterocycles. The quantitative estimate of drug-likeness (QED) is 0.682. The summed E-state index contributed by atoms with van der Waals surface area (Å²) in [5, 5.41) is 0. The van der Waals surface area contributed by atoms with Crippen LogP contribution in [0.4, 0.5) is 14.5 Å². The van der Waals surface area contributed by atoms with Gasteiger partial charge in [-0.1, -0.05) is 18.2 Å². The zero-order chi connectivity index (χ0) is 17.8. The van der Waals surface area contributed by atoms with Crippen molar-refractivity contribution in [1.29, 1.82) is 0 Å². The summed E-state index contributed by atoms with van der Waals surface area (Å²) in [6.45, 7) is -1.36. The summed E-state index contributed by atoms with van der Waals surface area (Å²) < 4.78 is 34.5. The molecule has 0 radical (unpaired) electrons. The van der Waals surface area contributed by atoms with Crippen molar-refractivity contribution in [3.63, 3.8) is 0 Å². The standard InChI is InChI=1S/C19H22F2N2O2.ClH/c1-24-18-10-14(5-8-17(18)25-19(20)21)12-23(16-6-7-16)11-13-3-2-4-15(22)9-13;/h2-5,8-10,16,19H,6-7,11-12,22H2,1H3;1H. The number of ether oxygens (including phenoxy) is 2. The first-order valence-corrected chi connectivity index (χ1v) is 8.25. The fourth-order valence-electron chi connectivity index (χ4n) is 2.92. The second-order valence-electron chi connectivity index (χ2n) is 6.24. The second kappa shape index (κ2) is 9.05. The van der Waals surface area contributed by atoms with Crippen LogP contribution in [0.1, 0.15) is 24.0 Å². The zero-order valence-electron chi connectivity index (χ0n) is 14.5. The van der Waals surface area contributed by atoms with Gasteiger partial charge in [-0.15, -0.1) is 12.4 Å². The average molecular weight is 385 g/mol. The number of nitrogens with two attached hydrogens (primary N) is 1. The molecular formula is C19H23ClF2N2O2. The molecule has 7 heteroatoms. The smallest absolute Gasteiger partial charge is 0.387 e. The molecule has 3 rings (SSSR count). The summed E-state index contributed by atoms with van der Waals surface area (Å²) in [5.41, 5.74) is 8.77. The van der Waals surface area contributed by atoms with Gasteiger partial charge in [-0.05, 0) is 48.2 Å². The van der Waals surface area contributed by atoms with E-state index in [4.69, 9.17) is 10.5 Å². The first kappa shape index (κ1) is 20.3. The van der Waals surface area contributed by atoms with Gasteiger partial charge in [-0.3, -0.25) is 4.90 Å². The van der Waals surface area contributed by atoms with Crippen molar-refractivity contribution in [2.75, 3.05) is 12.8 Å². The summed E-state index contributed by atoms with van der Waals surface area (Å²) in [5.74, 6) is 0.368. The number of hydrogen-bond acceptors (Lipinski definition) is 4. The van der Waals surface area contributed by atoms with E-state index in [1.807, 2.05) is 18.2 Å². The number of methoxy groups -OCH3 is 1. The topological polar surface area (TPSA) is 47.7 Å². The summed E-state index contributed by atoms with van der Waals surface area (Å²) >= 11 is 0. The Kier molecular flexibility index (Phi) is 7.06. The number of anilines is 1. The highest BCUT2D eigenvalue weighted by Crippen LogP contribution is 2.33. The molecule has 2 N–H and O–H groups in total. The van der Waals surface area contributed by atoms with Gasteiger partial charge in [0.25, 0.3) is 0 Å². The lowest BCUT2D eigenvalue weighted by atomic mass is 10.1.